The maximum absolute atomic E-state index is 13.5. The number of carbonyl (C=O) groups is 1. The Balaban J connectivity index is 1.50. The minimum atomic E-state index is -0.504. The van der Waals surface area contributed by atoms with Crippen molar-refractivity contribution in [2.45, 2.75) is 18.9 Å². The molecule has 22 heavy (non-hydrogen) atoms. The first-order chi connectivity index (χ1) is 10.6. The van der Waals surface area contributed by atoms with E-state index >= 15 is 0 Å². The van der Waals surface area contributed by atoms with Crippen LogP contribution in [0.5, 0.6) is 0 Å². The molecule has 5 heteroatoms. The molecule has 0 radical (unpaired) electrons. The molecule has 2 atom stereocenters. The van der Waals surface area contributed by atoms with E-state index in [1.165, 1.54) is 23.8 Å². The summed E-state index contributed by atoms with van der Waals surface area (Å²) in [5.74, 6) is -0.0615. The molecule has 2 unspecified atom stereocenters. The molecule has 2 aromatic carbocycles. The summed E-state index contributed by atoms with van der Waals surface area (Å²) in [5, 5.41) is 5.74. The number of carbonyl (C=O) groups excluding carboxylic acids is 1. The predicted octanol–water partition coefficient (Wildman–Crippen LogP) is 4.23. The van der Waals surface area contributed by atoms with E-state index in [4.69, 9.17) is 11.6 Å². The van der Waals surface area contributed by atoms with Crippen LogP contribution >= 0.6 is 11.6 Å². The standard InChI is InChI=1S/C17H16ClFN2O/c18-13-6-7-14(19)16(10-13)21-17(22)20-15-9-12(15)8-11-4-2-1-3-5-11/h1-7,10,12,15H,8-9H2,(H2,20,21,22). The molecule has 0 aromatic heterocycles. The van der Waals surface area contributed by atoms with Crippen molar-refractivity contribution in [1.82, 2.24) is 5.32 Å². The van der Waals surface area contributed by atoms with Gasteiger partial charge in [-0.2, -0.15) is 0 Å². The molecule has 114 valence electrons. The van der Waals surface area contributed by atoms with Gasteiger partial charge in [0.05, 0.1) is 5.69 Å². The maximum Gasteiger partial charge on any atom is 0.319 e. The lowest BCUT2D eigenvalue weighted by atomic mass is 10.1. The Morgan fingerprint density at radius 1 is 1.23 bits per heavy atom. The summed E-state index contributed by atoms with van der Waals surface area (Å²) in [6.45, 7) is 0. The largest absolute Gasteiger partial charge is 0.335 e. The van der Waals surface area contributed by atoms with E-state index in [2.05, 4.69) is 22.8 Å². The van der Waals surface area contributed by atoms with Gasteiger partial charge < -0.3 is 10.6 Å². The minimum Gasteiger partial charge on any atom is -0.335 e. The molecule has 0 spiro atoms. The number of anilines is 1. The maximum atomic E-state index is 13.5. The summed E-state index contributed by atoms with van der Waals surface area (Å²) >= 11 is 5.79. The fourth-order valence-electron chi connectivity index (χ4n) is 2.49. The van der Waals surface area contributed by atoms with Crippen LogP contribution in [0.1, 0.15) is 12.0 Å². The lowest BCUT2D eigenvalue weighted by Gasteiger charge is -2.08. The number of rotatable bonds is 4. The second-order valence-electron chi connectivity index (χ2n) is 5.51. The Kier molecular flexibility index (Phi) is 4.29. The van der Waals surface area contributed by atoms with Crippen LogP contribution in [0.25, 0.3) is 0 Å². The van der Waals surface area contributed by atoms with E-state index in [9.17, 15) is 9.18 Å². The summed E-state index contributed by atoms with van der Waals surface area (Å²) < 4.78 is 13.5. The van der Waals surface area contributed by atoms with Gasteiger partial charge in [0.1, 0.15) is 5.82 Å². The van der Waals surface area contributed by atoms with Crippen LogP contribution in [0.4, 0.5) is 14.9 Å². The second kappa shape index (κ2) is 6.36. The lowest BCUT2D eigenvalue weighted by Crippen LogP contribution is -2.32. The number of urea groups is 1. The van der Waals surface area contributed by atoms with Gasteiger partial charge in [-0.1, -0.05) is 41.9 Å². The summed E-state index contributed by atoms with van der Waals surface area (Å²) in [4.78, 5) is 11.9. The Morgan fingerprint density at radius 2 is 2.00 bits per heavy atom. The summed E-state index contributed by atoms with van der Waals surface area (Å²) in [6.07, 6.45) is 1.89. The van der Waals surface area contributed by atoms with E-state index in [0.29, 0.717) is 10.9 Å². The van der Waals surface area contributed by atoms with Crippen molar-refractivity contribution in [3.63, 3.8) is 0 Å². The van der Waals surface area contributed by atoms with E-state index < -0.39 is 11.8 Å². The summed E-state index contributed by atoms with van der Waals surface area (Å²) in [5.41, 5.74) is 1.35. The fourth-order valence-corrected chi connectivity index (χ4v) is 2.66. The highest BCUT2D eigenvalue weighted by Gasteiger charge is 2.38. The Hall–Kier alpha value is -2.07. The smallest absolute Gasteiger partial charge is 0.319 e. The predicted molar refractivity (Wildman–Crippen MR) is 85.6 cm³/mol. The number of amides is 2. The molecule has 0 heterocycles. The quantitative estimate of drug-likeness (QED) is 0.870. The molecular formula is C17H16ClFN2O. The van der Waals surface area contributed by atoms with Crippen LogP contribution < -0.4 is 10.6 Å². The van der Waals surface area contributed by atoms with Crippen molar-refractivity contribution < 1.29 is 9.18 Å². The van der Waals surface area contributed by atoms with Crippen LogP contribution in [0.15, 0.2) is 48.5 Å². The van der Waals surface area contributed by atoms with Gasteiger partial charge in [0.25, 0.3) is 0 Å². The highest BCUT2D eigenvalue weighted by Crippen LogP contribution is 2.33. The van der Waals surface area contributed by atoms with Gasteiger partial charge in [0.2, 0.25) is 0 Å². The summed E-state index contributed by atoms with van der Waals surface area (Å²) in [6, 6.07) is 14.0. The van der Waals surface area contributed by atoms with Gasteiger partial charge >= 0.3 is 6.03 Å². The van der Waals surface area contributed by atoms with Crippen molar-refractivity contribution >= 4 is 23.3 Å². The van der Waals surface area contributed by atoms with Gasteiger partial charge in [0.15, 0.2) is 0 Å². The van der Waals surface area contributed by atoms with Crippen LogP contribution in [0.2, 0.25) is 5.02 Å². The van der Waals surface area contributed by atoms with Crippen LogP contribution in [-0.4, -0.2) is 12.1 Å². The van der Waals surface area contributed by atoms with Gasteiger partial charge in [-0.3, -0.25) is 0 Å². The molecule has 3 nitrogen and oxygen atoms in total. The van der Waals surface area contributed by atoms with Crippen molar-refractivity contribution in [3.8, 4) is 0 Å². The molecule has 0 aliphatic heterocycles. The Bertz CT molecular complexity index is 678. The van der Waals surface area contributed by atoms with E-state index in [0.717, 1.165) is 12.8 Å². The second-order valence-corrected chi connectivity index (χ2v) is 5.95. The van der Waals surface area contributed by atoms with Crippen molar-refractivity contribution in [3.05, 3.63) is 64.9 Å². The van der Waals surface area contributed by atoms with Crippen LogP contribution in [-0.2, 0) is 6.42 Å². The zero-order valence-corrected chi connectivity index (χ0v) is 12.6. The third-order valence-corrected chi connectivity index (χ3v) is 3.99. The lowest BCUT2D eigenvalue weighted by molar-refractivity contribution is 0.251. The molecule has 1 aliphatic carbocycles. The average molecular weight is 319 g/mol. The average Bonchev–Trinajstić information content (AvgIpc) is 3.21. The third kappa shape index (κ3) is 3.77. The Labute approximate surface area is 133 Å². The first kappa shape index (κ1) is 14.9. The summed E-state index contributed by atoms with van der Waals surface area (Å²) in [7, 11) is 0. The zero-order chi connectivity index (χ0) is 15.5. The van der Waals surface area contributed by atoms with E-state index in [-0.39, 0.29) is 11.7 Å². The zero-order valence-electron chi connectivity index (χ0n) is 11.9. The van der Waals surface area contributed by atoms with E-state index in [1.54, 1.807) is 0 Å². The number of benzene rings is 2. The highest BCUT2D eigenvalue weighted by molar-refractivity contribution is 6.30. The molecule has 2 aromatic rings. The number of halogens is 2. The molecule has 0 saturated heterocycles. The number of hydrogen-bond donors (Lipinski definition) is 2. The number of hydrogen-bond acceptors (Lipinski definition) is 1. The molecule has 1 saturated carbocycles. The molecule has 3 rings (SSSR count). The Morgan fingerprint density at radius 3 is 2.77 bits per heavy atom. The molecular weight excluding hydrogens is 303 g/mol. The SMILES string of the molecule is O=C(Nc1cc(Cl)ccc1F)NC1CC1Cc1ccccc1. The van der Waals surface area contributed by atoms with Crippen LogP contribution in [0.3, 0.4) is 0 Å². The highest BCUT2D eigenvalue weighted by atomic mass is 35.5. The molecule has 1 fully saturated rings. The molecule has 2 amide bonds. The van der Waals surface area contributed by atoms with E-state index in [1.807, 2.05) is 18.2 Å². The topological polar surface area (TPSA) is 41.1 Å². The van der Waals surface area contributed by atoms with Crippen molar-refractivity contribution in [1.29, 1.82) is 0 Å². The van der Waals surface area contributed by atoms with Gasteiger partial charge in [-0.05, 0) is 42.5 Å². The third-order valence-electron chi connectivity index (χ3n) is 3.76. The molecule has 1 aliphatic rings. The van der Waals surface area contributed by atoms with Gasteiger partial charge in [-0.25, -0.2) is 9.18 Å². The van der Waals surface area contributed by atoms with Crippen molar-refractivity contribution in [2.75, 3.05) is 5.32 Å². The minimum absolute atomic E-state index is 0.0882. The first-order valence-corrected chi connectivity index (χ1v) is 7.56. The van der Waals surface area contributed by atoms with Crippen molar-refractivity contribution in [2.24, 2.45) is 5.92 Å². The van der Waals surface area contributed by atoms with Gasteiger partial charge in [0, 0.05) is 11.1 Å². The van der Waals surface area contributed by atoms with Gasteiger partial charge in [-0.15, -0.1) is 0 Å². The fraction of sp³-hybridized carbons (Fsp3) is 0.235. The molecule has 2 N–H and O–H groups in total. The first-order valence-electron chi connectivity index (χ1n) is 7.18. The van der Waals surface area contributed by atoms with Crippen LogP contribution in [0, 0.1) is 11.7 Å². The molecule has 0 bridgehead atoms. The number of nitrogens with one attached hydrogen (secondary N) is 2. The normalized spacial score (nSPS) is 19.5. The monoisotopic (exact) mass is 318 g/mol.